The second kappa shape index (κ2) is 3.95. The van der Waals surface area contributed by atoms with E-state index in [1.807, 2.05) is 0 Å². The van der Waals surface area contributed by atoms with Crippen LogP contribution in [0.4, 0.5) is 0 Å². The molecule has 1 heterocycles. The van der Waals surface area contributed by atoms with Gasteiger partial charge in [0.25, 0.3) is 0 Å². The minimum absolute atomic E-state index is 0.0850. The van der Waals surface area contributed by atoms with Gasteiger partial charge in [0.15, 0.2) is 11.5 Å². The van der Waals surface area contributed by atoms with Crippen LogP contribution in [0.5, 0.6) is 0 Å². The lowest BCUT2D eigenvalue weighted by molar-refractivity contribution is -0.135. The average molecular weight is 198 g/mol. The summed E-state index contributed by atoms with van der Waals surface area (Å²) in [5, 5.41) is 0. The molecule has 0 saturated carbocycles. The molecule has 0 aliphatic carbocycles. The van der Waals surface area contributed by atoms with Crippen LogP contribution in [0.2, 0.25) is 0 Å². The van der Waals surface area contributed by atoms with E-state index in [1.54, 1.807) is 6.92 Å². The lowest BCUT2D eigenvalue weighted by Crippen LogP contribution is -2.00. The Balaban J connectivity index is 3.00. The third kappa shape index (κ3) is 1.76. The first-order chi connectivity index (χ1) is 6.60. The molecule has 0 unspecified atom stereocenters. The van der Waals surface area contributed by atoms with Gasteiger partial charge in [-0.3, -0.25) is 0 Å². The van der Waals surface area contributed by atoms with Gasteiger partial charge in [-0.05, 0) is 6.92 Å². The van der Waals surface area contributed by atoms with Gasteiger partial charge >= 0.3 is 11.9 Å². The van der Waals surface area contributed by atoms with Crippen LogP contribution in [-0.2, 0) is 23.8 Å². The summed E-state index contributed by atoms with van der Waals surface area (Å²) in [6, 6.07) is 0. The van der Waals surface area contributed by atoms with Crippen molar-refractivity contribution in [1.29, 1.82) is 0 Å². The van der Waals surface area contributed by atoms with E-state index in [9.17, 15) is 9.59 Å². The van der Waals surface area contributed by atoms with Crippen molar-refractivity contribution in [1.82, 2.24) is 0 Å². The number of rotatable bonds is 2. The highest BCUT2D eigenvalue weighted by Crippen LogP contribution is 2.25. The Morgan fingerprint density at radius 2 is 2.07 bits per heavy atom. The smallest absolute Gasteiger partial charge is 0.343 e. The van der Waals surface area contributed by atoms with E-state index in [-0.39, 0.29) is 11.5 Å². The van der Waals surface area contributed by atoms with Crippen molar-refractivity contribution < 1.29 is 23.8 Å². The molecule has 5 nitrogen and oxygen atoms in total. The van der Waals surface area contributed by atoms with E-state index >= 15 is 0 Å². The van der Waals surface area contributed by atoms with Crippen LogP contribution in [0.1, 0.15) is 6.92 Å². The van der Waals surface area contributed by atoms with Crippen molar-refractivity contribution in [2.75, 3.05) is 14.2 Å². The zero-order valence-electron chi connectivity index (χ0n) is 8.12. The molecule has 14 heavy (non-hydrogen) atoms. The number of esters is 2. The fourth-order valence-electron chi connectivity index (χ4n) is 1.01. The van der Waals surface area contributed by atoms with Crippen molar-refractivity contribution in [2.45, 2.75) is 6.92 Å². The summed E-state index contributed by atoms with van der Waals surface area (Å²) >= 11 is 0. The van der Waals surface area contributed by atoms with Crippen molar-refractivity contribution >= 4 is 11.9 Å². The first-order valence-electron chi connectivity index (χ1n) is 3.87. The Kier molecular flexibility index (Phi) is 2.91. The third-order valence-electron chi connectivity index (χ3n) is 1.73. The Morgan fingerprint density at radius 1 is 1.43 bits per heavy atom. The molecular formula is C9H10O5. The molecule has 0 N–H and O–H groups in total. The largest absolute Gasteiger partial charge is 0.492 e. The molecule has 1 rings (SSSR count). The number of hydrogen-bond donors (Lipinski definition) is 0. The second-order valence-electron chi connectivity index (χ2n) is 2.58. The van der Waals surface area contributed by atoms with Crippen molar-refractivity contribution in [3.05, 3.63) is 23.2 Å². The average Bonchev–Trinajstić information content (AvgIpc) is 2.42. The predicted octanol–water partition coefficient (Wildman–Crippen LogP) is 0.520. The monoisotopic (exact) mass is 198 g/mol. The van der Waals surface area contributed by atoms with E-state index in [1.165, 1.54) is 14.2 Å². The van der Waals surface area contributed by atoms with E-state index in [4.69, 9.17) is 9.47 Å². The van der Waals surface area contributed by atoms with Crippen LogP contribution < -0.4 is 0 Å². The molecule has 0 saturated heterocycles. The molecule has 0 spiro atoms. The molecule has 0 fully saturated rings. The lowest BCUT2D eigenvalue weighted by atomic mass is 10.2. The van der Waals surface area contributed by atoms with Gasteiger partial charge in [0, 0.05) is 0 Å². The molecular weight excluding hydrogens is 188 g/mol. The molecule has 0 atom stereocenters. The van der Waals surface area contributed by atoms with Crippen molar-refractivity contribution in [3.63, 3.8) is 0 Å². The van der Waals surface area contributed by atoms with E-state index in [2.05, 4.69) is 4.74 Å². The van der Waals surface area contributed by atoms with Crippen molar-refractivity contribution in [2.24, 2.45) is 0 Å². The maximum Gasteiger partial charge on any atom is 0.343 e. The van der Waals surface area contributed by atoms with E-state index < -0.39 is 11.9 Å². The first kappa shape index (κ1) is 10.3. The lowest BCUT2D eigenvalue weighted by Gasteiger charge is -2.01. The summed E-state index contributed by atoms with van der Waals surface area (Å²) < 4.78 is 14.1. The highest BCUT2D eigenvalue weighted by atomic mass is 16.6. The minimum Gasteiger partial charge on any atom is -0.492 e. The van der Waals surface area contributed by atoms with Gasteiger partial charge in [-0.1, -0.05) is 0 Å². The van der Waals surface area contributed by atoms with Crippen LogP contribution >= 0.6 is 0 Å². The number of methoxy groups -OCH3 is 2. The molecule has 0 aromatic carbocycles. The Morgan fingerprint density at radius 3 is 2.57 bits per heavy atom. The summed E-state index contributed by atoms with van der Waals surface area (Å²) in [7, 11) is 2.63. The van der Waals surface area contributed by atoms with Gasteiger partial charge < -0.3 is 14.2 Å². The molecule has 0 aromatic rings. The van der Waals surface area contributed by atoms with E-state index in [0.717, 1.165) is 6.08 Å². The molecule has 5 heteroatoms. The van der Waals surface area contributed by atoms with E-state index in [0.29, 0.717) is 5.57 Å². The van der Waals surface area contributed by atoms with Gasteiger partial charge in [-0.2, -0.15) is 0 Å². The summed E-state index contributed by atoms with van der Waals surface area (Å²) in [6.45, 7) is 1.55. The summed E-state index contributed by atoms with van der Waals surface area (Å²) in [4.78, 5) is 21.9. The molecule has 0 amide bonds. The van der Waals surface area contributed by atoms with Gasteiger partial charge in [0.2, 0.25) is 0 Å². The first-order valence-corrected chi connectivity index (χ1v) is 3.87. The summed E-state index contributed by atoms with van der Waals surface area (Å²) in [5.41, 5.74) is 0.336. The summed E-state index contributed by atoms with van der Waals surface area (Å²) in [5.74, 6) is -0.767. The molecule has 0 bridgehead atoms. The topological polar surface area (TPSA) is 61.8 Å². The van der Waals surface area contributed by atoms with Crippen molar-refractivity contribution in [3.8, 4) is 0 Å². The Hall–Kier alpha value is -1.78. The number of cyclic esters (lactones) is 1. The number of ether oxygens (including phenoxy) is 3. The van der Waals surface area contributed by atoms with Crippen LogP contribution in [-0.4, -0.2) is 26.2 Å². The molecule has 0 aromatic heterocycles. The standard InChI is InChI=1S/C9H10O5/c1-5-8(13-3)6(14-9(5)11)4-7(10)12-2/h4H,1-3H3/b6-4-. The minimum atomic E-state index is -0.600. The maximum absolute atomic E-state index is 11.1. The normalized spacial score (nSPS) is 18.5. The van der Waals surface area contributed by atoms with Gasteiger partial charge in [0.05, 0.1) is 25.9 Å². The highest BCUT2D eigenvalue weighted by molar-refractivity contribution is 5.95. The zero-order valence-corrected chi connectivity index (χ0v) is 8.12. The highest BCUT2D eigenvalue weighted by Gasteiger charge is 2.28. The fourth-order valence-corrected chi connectivity index (χ4v) is 1.01. The Labute approximate surface area is 80.9 Å². The third-order valence-corrected chi connectivity index (χ3v) is 1.73. The molecule has 76 valence electrons. The quantitative estimate of drug-likeness (QED) is 0.478. The molecule has 1 aliphatic rings. The molecule has 0 radical (unpaired) electrons. The number of hydrogen-bond acceptors (Lipinski definition) is 5. The maximum atomic E-state index is 11.1. The van der Waals surface area contributed by atoms with Crippen LogP contribution in [0, 0.1) is 0 Å². The number of carbonyl (C=O) groups excluding carboxylic acids is 2. The Bertz CT molecular complexity index is 337. The molecule has 1 aliphatic heterocycles. The second-order valence-corrected chi connectivity index (χ2v) is 2.58. The zero-order chi connectivity index (χ0) is 10.7. The summed E-state index contributed by atoms with van der Waals surface area (Å²) in [6.07, 6.45) is 1.06. The SMILES string of the molecule is COC(=O)/C=C1\OC(=O)C(C)=C1OC. The van der Waals surface area contributed by atoms with Crippen LogP contribution in [0.15, 0.2) is 23.2 Å². The van der Waals surface area contributed by atoms with Crippen LogP contribution in [0.3, 0.4) is 0 Å². The predicted molar refractivity (Wildman–Crippen MR) is 45.9 cm³/mol. The fraction of sp³-hybridized carbons (Fsp3) is 0.333. The van der Waals surface area contributed by atoms with Gasteiger partial charge in [-0.15, -0.1) is 0 Å². The van der Waals surface area contributed by atoms with Gasteiger partial charge in [-0.25, -0.2) is 9.59 Å². The number of carbonyl (C=O) groups is 2. The van der Waals surface area contributed by atoms with Gasteiger partial charge in [0.1, 0.15) is 0 Å². The van der Waals surface area contributed by atoms with Crippen LogP contribution in [0.25, 0.3) is 0 Å².